The van der Waals surface area contributed by atoms with Crippen molar-refractivity contribution < 1.29 is 4.79 Å². The molecule has 190 valence electrons. The molecule has 0 atom stereocenters. The Balaban J connectivity index is 1.21. The Labute approximate surface area is 224 Å². The molecule has 0 spiro atoms. The Bertz CT molecular complexity index is 1610. The molecule has 38 heavy (non-hydrogen) atoms. The number of fused-ring (bicyclic) bond motifs is 1. The Kier molecular flexibility index (Phi) is 6.71. The van der Waals surface area contributed by atoms with Gasteiger partial charge in [0.05, 0.1) is 21.5 Å². The van der Waals surface area contributed by atoms with E-state index in [1.165, 1.54) is 16.0 Å². The number of carbonyl (C=O) groups is 1. The number of benzene rings is 3. The summed E-state index contributed by atoms with van der Waals surface area (Å²) in [6.07, 6.45) is 3.49. The van der Waals surface area contributed by atoms with Crippen molar-refractivity contribution in [1.82, 2.24) is 19.7 Å². The molecule has 5 aromatic rings. The number of aliphatic imine (C=N–C) groups is 1. The molecule has 1 saturated heterocycles. The molecule has 0 unspecified atom stereocenters. The number of nitrogens with zero attached hydrogens (tertiary/aromatic N) is 4. The second-order valence-corrected chi connectivity index (χ2v) is 10.5. The fourth-order valence-corrected chi connectivity index (χ4v) is 5.79. The van der Waals surface area contributed by atoms with Gasteiger partial charge in [0, 0.05) is 37.0 Å². The number of hydrogen-bond donors (Lipinski definition) is 1. The first kappa shape index (κ1) is 24.1. The van der Waals surface area contributed by atoms with Gasteiger partial charge < -0.3 is 4.90 Å². The lowest BCUT2D eigenvalue weighted by Crippen LogP contribution is -2.39. The van der Waals surface area contributed by atoms with Gasteiger partial charge in [0.2, 0.25) is 5.13 Å². The van der Waals surface area contributed by atoms with Gasteiger partial charge in [-0.3, -0.25) is 19.7 Å². The monoisotopic (exact) mass is 521 g/mol. The molecule has 7 nitrogen and oxygen atoms in total. The highest BCUT2D eigenvalue weighted by atomic mass is 32.1. The van der Waals surface area contributed by atoms with E-state index in [2.05, 4.69) is 10.1 Å². The van der Waals surface area contributed by atoms with Gasteiger partial charge >= 0.3 is 0 Å². The van der Waals surface area contributed by atoms with Crippen molar-refractivity contribution in [2.45, 2.75) is 12.8 Å². The minimum atomic E-state index is -0.171. The summed E-state index contributed by atoms with van der Waals surface area (Å²) in [5.74, 6) is 0.458. The first-order chi connectivity index (χ1) is 18.7. The van der Waals surface area contributed by atoms with E-state index in [1.54, 1.807) is 6.21 Å². The third kappa shape index (κ3) is 4.82. The van der Waals surface area contributed by atoms with Gasteiger partial charge in [-0.25, -0.2) is 4.98 Å². The van der Waals surface area contributed by atoms with Crippen LogP contribution in [-0.2, 0) is 0 Å². The molecule has 1 fully saturated rings. The number of likely N-dealkylation sites (tertiary alicyclic amines) is 1. The average molecular weight is 522 g/mol. The largest absolute Gasteiger partial charge is 0.339 e. The average Bonchev–Trinajstić information content (AvgIpc) is 3.55. The van der Waals surface area contributed by atoms with Crippen molar-refractivity contribution in [3.05, 3.63) is 106 Å². The maximum absolute atomic E-state index is 13.5. The topological polar surface area (TPSA) is 83.3 Å². The van der Waals surface area contributed by atoms with Crippen molar-refractivity contribution in [1.29, 1.82) is 0 Å². The number of piperidine rings is 1. The van der Waals surface area contributed by atoms with Gasteiger partial charge in [-0.2, -0.15) is 4.68 Å². The summed E-state index contributed by atoms with van der Waals surface area (Å²) in [6.45, 7) is 2.06. The van der Waals surface area contributed by atoms with Crippen LogP contribution in [0.25, 0.3) is 26.6 Å². The van der Waals surface area contributed by atoms with E-state index in [0.29, 0.717) is 23.2 Å². The number of rotatable bonds is 6. The van der Waals surface area contributed by atoms with Gasteiger partial charge in [0.15, 0.2) is 0 Å². The zero-order valence-electron chi connectivity index (χ0n) is 20.8. The smallest absolute Gasteiger partial charge is 0.282 e. The molecule has 0 radical (unpaired) electrons. The van der Waals surface area contributed by atoms with E-state index in [-0.39, 0.29) is 11.5 Å². The molecule has 3 heterocycles. The summed E-state index contributed by atoms with van der Waals surface area (Å²) >= 11 is 1.47. The second-order valence-electron chi connectivity index (χ2n) is 9.47. The van der Waals surface area contributed by atoms with Gasteiger partial charge in [0.25, 0.3) is 11.5 Å². The van der Waals surface area contributed by atoms with Crippen molar-refractivity contribution in [2.75, 3.05) is 19.6 Å². The predicted octanol–water partition coefficient (Wildman–Crippen LogP) is 5.41. The maximum atomic E-state index is 13.5. The summed E-state index contributed by atoms with van der Waals surface area (Å²) in [5.41, 5.74) is 3.58. The molecular weight excluding hydrogens is 494 g/mol. The van der Waals surface area contributed by atoms with Crippen LogP contribution in [0.2, 0.25) is 0 Å². The first-order valence-corrected chi connectivity index (χ1v) is 13.6. The van der Waals surface area contributed by atoms with Crippen LogP contribution >= 0.6 is 11.3 Å². The standard InChI is InChI=1S/C30H27N5O2S/c36-28(23-11-5-2-6-12-23)34-17-15-21(16-18-34)19-31-20-24-27(22-9-3-1-4-10-22)33-35(29(24)37)30-32-25-13-7-8-14-26(25)38-30/h1-14,20-21,33H,15-19H2. The Morgan fingerprint density at radius 1 is 0.974 bits per heavy atom. The van der Waals surface area contributed by atoms with Gasteiger partial charge in [-0.15, -0.1) is 0 Å². The van der Waals surface area contributed by atoms with Crippen molar-refractivity contribution in [2.24, 2.45) is 10.9 Å². The van der Waals surface area contributed by atoms with Gasteiger partial charge in [-0.05, 0) is 43.0 Å². The fourth-order valence-electron chi connectivity index (χ4n) is 4.86. The van der Waals surface area contributed by atoms with Crippen LogP contribution in [0.3, 0.4) is 0 Å². The minimum Gasteiger partial charge on any atom is -0.339 e. The number of hydrogen-bond acceptors (Lipinski definition) is 5. The summed E-state index contributed by atoms with van der Waals surface area (Å²) in [4.78, 5) is 37.6. The van der Waals surface area contributed by atoms with E-state index in [9.17, 15) is 9.59 Å². The molecule has 0 saturated carbocycles. The van der Waals surface area contributed by atoms with Crippen LogP contribution in [-0.4, -0.2) is 51.4 Å². The molecule has 1 N–H and O–H groups in total. The number of aromatic nitrogens is 3. The van der Waals surface area contributed by atoms with Gasteiger partial charge in [-0.1, -0.05) is 72.0 Å². The lowest BCUT2D eigenvalue weighted by molar-refractivity contribution is 0.0693. The zero-order valence-corrected chi connectivity index (χ0v) is 21.6. The van der Waals surface area contributed by atoms with E-state index in [4.69, 9.17) is 4.99 Å². The van der Waals surface area contributed by atoms with Crippen LogP contribution in [0.15, 0.2) is 94.7 Å². The highest BCUT2D eigenvalue weighted by Gasteiger charge is 2.23. The number of H-pyrrole nitrogens is 1. The molecule has 1 aliphatic heterocycles. The summed E-state index contributed by atoms with van der Waals surface area (Å²) in [6, 6.07) is 27.1. The maximum Gasteiger partial charge on any atom is 0.282 e. The van der Waals surface area contributed by atoms with Crippen molar-refractivity contribution in [3.8, 4) is 16.4 Å². The molecule has 6 rings (SSSR count). The molecular formula is C30H27N5O2S. The van der Waals surface area contributed by atoms with E-state index in [0.717, 1.165) is 53.0 Å². The Hall–Kier alpha value is -4.30. The normalized spacial score (nSPS) is 14.5. The fraction of sp³-hybridized carbons (Fsp3) is 0.200. The number of nitrogens with one attached hydrogen (secondary N) is 1. The summed E-state index contributed by atoms with van der Waals surface area (Å²) in [7, 11) is 0. The molecule has 8 heteroatoms. The lowest BCUT2D eigenvalue weighted by Gasteiger charge is -2.31. The highest BCUT2D eigenvalue weighted by Crippen LogP contribution is 2.26. The number of amides is 1. The first-order valence-electron chi connectivity index (χ1n) is 12.8. The predicted molar refractivity (Wildman–Crippen MR) is 153 cm³/mol. The van der Waals surface area contributed by atoms with Gasteiger partial charge in [0.1, 0.15) is 0 Å². The zero-order chi connectivity index (χ0) is 25.9. The number of thiazole rings is 1. The molecule has 2 aromatic heterocycles. The number of carbonyl (C=O) groups excluding carboxylic acids is 1. The molecule has 0 bridgehead atoms. The van der Waals surface area contributed by atoms with Crippen molar-refractivity contribution in [3.63, 3.8) is 0 Å². The van der Waals surface area contributed by atoms with E-state index in [1.807, 2.05) is 89.8 Å². The SMILES string of the molecule is O=C(c1ccccc1)N1CCC(CN=Cc2c(-c3ccccc3)[nH]n(-c3nc4ccccc4s3)c2=O)CC1. The van der Waals surface area contributed by atoms with Crippen LogP contribution in [0.4, 0.5) is 0 Å². The van der Waals surface area contributed by atoms with Crippen LogP contribution in [0.1, 0.15) is 28.8 Å². The third-order valence-corrected chi connectivity index (χ3v) is 7.99. The van der Waals surface area contributed by atoms with Crippen LogP contribution < -0.4 is 5.56 Å². The number of aromatic amines is 1. The lowest BCUT2D eigenvalue weighted by atomic mass is 9.96. The quantitative estimate of drug-likeness (QED) is 0.303. The molecule has 3 aromatic carbocycles. The van der Waals surface area contributed by atoms with E-state index < -0.39 is 0 Å². The second kappa shape index (κ2) is 10.6. The van der Waals surface area contributed by atoms with Crippen molar-refractivity contribution >= 4 is 33.7 Å². The number of para-hydroxylation sites is 1. The van der Waals surface area contributed by atoms with Crippen LogP contribution in [0.5, 0.6) is 0 Å². The Morgan fingerprint density at radius 3 is 2.39 bits per heavy atom. The summed E-state index contributed by atoms with van der Waals surface area (Å²) < 4.78 is 2.54. The molecule has 1 aliphatic rings. The highest BCUT2D eigenvalue weighted by molar-refractivity contribution is 7.20. The summed E-state index contributed by atoms with van der Waals surface area (Å²) in [5, 5.41) is 3.88. The molecule has 0 aliphatic carbocycles. The third-order valence-electron chi connectivity index (χ3n) is 6.97. The molecule has 1 amide bonds. The Morgan fingerprint density at radius 2 is 1.66 bits per heavy atom. The van der Waals surface area contributed by atoms with E-state index >= 15 is 0 Å². The minimum absolute atomic E-state index is 0.0859. The van der Waals surface area contributed by atoms with Crippen LogP contribution in [0, 0.1) is 5.92 Å².